The number of nitrogens with zero attached hydrogens (tertiary/aromatic N) is 16. The van der Waals surface area contributed by atoms with Gasteiger partial charge in [0.2, 0.25) is 0 Å². The Morgan fingerprint density at radius 3 is 0.767 bits per heavy atom. The molecule has 0 aromatic rings. The summed E-state index contributed by atoms with van der Waals surface area (Å²) >= 11 is 0. The molecule has 35 heteroatoms. The van der Waals surface area contributed by atoms with Crippen molar-refractivity contribution < 1.29 is 85.9 Å². The highest BCUT2D eigenvalue weighted by molar-refractivity contribution is 4.94. The Morgan fingerprint density at radius 2 is 0.525 bits per heavy atom. The third-order valence-corrected chi connectivity index (χ3v) is 26.2. The fraction of sp³-hybridized carbons (Fsp3) is 1.00. The normalized spacial score (nSPS) is 22.6. The predicted octanol–water partition coefficient (Wildman–Crippen LogP) is 11.1. The molecule has 714 valence electrons. The van der Waals surface area contributed by atoms with Gasteiger partial charge in [-0.15, -0.1) is 0 Å². The molecule has 8 aliphatic heterocycles. The zero-order chi connectivity index (χ0) is 89.2. The molecule has 8 saturated heterocycles. The Bertz CT molecular complexity index is 2490. The smallest absolute Gasteiger partial charge is 0.395 e. The molecule has 3 aliphatic carbocycles. The van der Waals surface area contributed by atoms with Gasteiger partial charge in [0.25, 0.3) is 6.43 Å². The van der Waals surface area contributed by atoms with Crippen LogP contribution in [0.3, 0.4) is 0 Å². The Morgan fingerprint density at radius 1 is 0.292 bits per heavy atom. The molecule has 0 aromatic carbocycles. The van der Waals surface area contributed by atoms with Gasteiger partial charge in [0.05, 0.1) is 59.2 Å². The molecule has 0 bridgehead atoms. The summed E-state index contributed by atoms with van der Waals surface area (Å²) in [5, 5.41) is 27.0. The second-order valence-corrected chi connectivity index (χ2v) is 35.9. The third kappa shape index (κ3) is 47.5. The van der Waals surface area contributed by atoms with Crippen molar-refractivity contribution in [1.82, 2.24) is 78.4 Å². The van der Waals surface area contributed by atoms with Crippen molar-refractivity contribution in [3.63, 3.8) is 0 Å². The highest BCUT2D eigenvalue weighted by Gasteiger charge is 2.43. The highest BCUT2D eigenvalue weighted by atomic mass is 19.4. The first kappa shape index (κ1) is 110. The summed E-state index contributed by atoms with van der Waals surface area (Å²) in [6.45, 7) is 24.5. The molecule has 120 heavy (non-hydrogen) atoms. The summed E-state index contributed by atoms with van der Waals surface area (Å²) in [7, 11) is 18.2. The van der Waals surface area contributed by atoms with Crippen LogP contribution in [-0.4, -0.2) is 478 Å². The molecule has 0 radical (unpaired) electrons. The van der Waals surface area contributed by atoms with E-state index in [1.54, 1.807) is 16.7 Å². The molecule has 11 rings (SSSR count). The Hall–Kier alpha value is -1.85. The van der Waals surface area contributed by atoms with E-state index in [-0.39, 0.29) is 56.6 Å². The van der Waals surface area contributed by atoms with Crippen LogP contribution < -0.4 is 0 Å². The molecule has 0 amide bonds. The van der Waals surface area contributed by atoms with Crippen molar-refractivity contribution in [3.8, 4) is 0 Å². The minimum absolute atomic E-state index is 0.0305. The largest absolute Gasteiger partial charge is 0.401 e. The van der Waals surface area contributed by atoms with Crippen molar-refractivity contribution in [2.24, 2.45) is 0 Å². The van der Waals surface area contributed by atoms with E-state index in [0.717, 1.165) is 206 Å². The van der Waals surface area contributed by atoms with Gasteiger partial charge in [-0.25, -0.2) is 13.2 Å². The van der Waals surface area contributed by atoms with Crippen molar-refractivity contribution in [3.05, 3.63) is 0 Å². The summed E-state index contributed by atoms with van der Waals surface area (Å²) in [6, 6.07) is 4.48. The summed E-state index contributed by atoms with van der Waals surface area (Å²) in [6.07, 6.45) is 6.19. The first-order chi connectivity index (χ1) is 56.7. The van der Waals surface area contributed by atoms with E-state index >= 15 is 0 Å². The average molecular weight is 1760 g/mol. The number of alkyl halides is 15. The predicted molar refractivity (Wildman–Crippen MR) is 452 cm³/mol. The van der Waals surface area contributed by atoms with Gasteiger partial charge in [-0.3, -0.25) is 39.2 Å². The molecule has 8 heterocycles. The fourth-order valence-electron chi connectivity index (χ4n) is 18.4. The molecule has 0 unspecified atom stereocenters. The van der Waals surface area contributed by atoms with E-state index in [4.69, 9.17) is 20.1 Å². The van der Waals surface area contributed by atoms with Crippen LogP contribution in [0.15, 0.2) is 0 Å². The van der Waals surface area contributed by atoms with E-state index in [1.807, 2.05) is 40.0 Å². The Balaban J connectivity index is 0.000000288. The zero-order valence-corrected chi connectivity index (χ0v) is 75.8. The van der Waals surface area contributed by atoms with E-state index in [0.29, 0.717) is 51.5 Å². The van der Waals surface area contributed by atoms with Crippen LogP contribution in [-0.2, 0) is 4.74 Å². The lowest BCUT2D eigenvalue weighted by atomic mass is 9.88. The molecule has 11 aliphatic rings. The average Bonchev–Trinajstić information content (AvgIpc) is 1.78. The van der Waals surface area contributed by atoms with Crippen molar-refractivity contribution in [1.29, 1.82) is 0 Å². The van der Waals surface area contributed by atoms with E-state index in [2.05, 4.69) is 89.0 Å². The maximum Gasteiger partial charge on any atom is 0.401 e. The molecule has 11 fully saturated rings. The minimum atomic E-state index is -4.18. The molecule has 0 aromatic heterocycles. The quantitative estimate of drug-likeness (QED) is 0.0570. The van der Waals surface area contributed by atoms with Gasteiger partial charge in [-0.1, -0.05) is 27.2 Å². The van der Waals surface area contributed by atoms with E-state index in [9.17, 15) is 65.9 Å². The number of piperidine rings is 8. The Labute approximate surface area is 714 Å². The van der Waals surface area contributed by atoms with Crippen LogP contribution in [0.2, 0.25) is 0 Å². The first-order valence-electron chi connectivity index (χ1n) is 45.6. The second-order valence-electron chi connectivity index (χ2n) is 35.9. The summed E-state index contributed by atoms with van der Waals surface area (Å²) in [5.74, 6) is 0. The fourth-order valence-corrected chi connectivity index (χ4v) is 18.4. The van der Waals surface area contributed by atoms with Crippen LogP contribution in [0.4, 0.5) is 65.9 Å². The van der Waals surface area contributed by atoms with Gasteiger partial charge in [-0.05, 0) is 322 Å². The maximum absolute atomic E-state index is 12.5. The number of halogens is 15. The molecule has 3 N–H and O–H groups in total. The highest BCUT2D eigenvalue weighted by Crippen LogP contribution is 2.36. The maximum atomic E-state index is 12.5. The second kappa shape index (κ2) is 58.7. The van der Waals surface area contributed by atoms with Gasteiger partial charge in [0, 0.05) is 106 Å². The molecule has 0 atom stereocenters. The number of likely N-dealkylation sites (tertiary alicyclic amines) is 8. The van der Waals surface area contributed by atoms with Crippen molar-refractivity contribution in [2.75, 3.05) is 286 Å². The van der Waals surface area contributed by atoms with Crippen LogP contribution >= 0.6 is 0 Å². The molecule has 20 nitrogen and oxygen atoms in total. The lowest BCUT2D eigenvalue weighted by Gasteiger charge is -2.45. The minimum Gasteiger partial charge on any atom is -0.395 e. The molecule has 3 saturated carbocycles. The monoisotopic (exact) mass is 1760 g/mol. The van der Waals surface area contributed by atoms with Crippen LogP contribution in [0.25, 0.3) is 0 Å². The van der Waals surface area contributed by atoms with Gasteiger partial charge in [-0.2, -0.15) is 52.7 Å². The zero-order valence-electron chi connectivity index (χ0n) is 75.8. The SMILES string of the molecule is CCN(CC(F)(F)F)C1CCN(C)CC1.CCN(CC(F)F)C1CCN(C)CC1.CCN(CCF)C1CCN(C)CC1.CN1CCC(N(CC(F)(F)F)C2CC2)CC1.CN1CCC(N(CCO)C2CC2)CC1.CN1CCC(N(CCO)C2CCC2)CC1.CN1CCC(N(CCO)CC(F)(F)F)CC1.COCCN(CC(F)(F)F)C1CCN(C)CC1. The van der Waals surface area contributed by atoms with Crippen molar-refractivity contribution in [2.45, 2.75) is 266 Å². The van der Waals surface area contributed by atoms with Gasteiger partial charge < -0.3 is 59.3 Å². The van der Waals surface area contributed by atoms with Crippen LogP contribution in [0, 0.1) is 0 Å². The molecular weight excluding hydrogens is 1590 g/mol. The van der Waals surface area contributed by atoms with Gasteiger partial charge >= 0.3 is 24.7 Å². The topological polar surface area (TPSA) is 122 Å². The summed E-state index contributed by atoms with van der Waals surface area (Å²) < 4.78 is 190. The molecular formula is C85H165F15N16O4. The number of hydrogen-bond acceptors (Lipinski definition) is 20. The summed E-state index contributed by atoms with van der Waals surface area (Å²) in [4.78, 5) is 33.5. The number of hydrogen-bond donors (Lipinski definition) is 3. The van der Waals surface area contributed by atoms with Crippen LogP contribution in [0.1, 0.15) is 168 Å². The number of methoxy groups -OCH3 is 1. The third-order valence-electron chi connectivity index (χ3n) is 26.2. The van der Waals surface area contributed by atoms with Crippen molar-refractivity contribution >= 4 is 0 Å². The summed E-state index contributed by atoms with van der Waals surface area (Å²) in [5.41, 5.74) is 0. The van der Waals surface area contributed by atoms with Gasteiger partial charge in [0.15, 0.2) is 0 Å². The van der Waals surface area contributed by atoms with Gasteiger partial charge in [0.1, 0.15) is 6.67 Å². The standard InChI is InChI=1S/C12H24N2O.C11H21F3N2O.C11H19F3N2.C11H22N2O.C10H19F3N2O.C10H19F3N2.C10H20F2N2.C10H21FN2/c1-13-7-5-12(6-8-13)14(9-10-15)11-3-2-4-11;1-15-5-3-10(4-6-15)16(7-8-17-2)9-11(12,13)14;1-15-6-4-10(5-7-15)16(9-2-3-9)8-11(12,13)14;1-12-6-4-11(5-7-12)13(8-9-14)10-2-3-10;1-14-4-2-9(3-5-14)15(6-7-16)8-10(11,12)13;1-3-15(8-10(11,12)13)9-4-6-14(2)7-5-9;1-3-14(8-10(11)12)9-4-6-13(2)7-5-9;1-3-13(9-6-11)10-4-7-12(2)8-5-10/h11-12,15H,2-10H2,1H3;10H,3-9H2,1-2H3;9-10H,2-8H2,1H3;10-11,14H,2-9H2,1H3;9,16H,2-8H2,1H3;9H,3-8H2,1-2H3;9-10H,3-8H2,1-2H3;10H,3-9H2,1-2H3. The number of ether oxygens (including phenoxy) is 1. The van der Waals surface area contributed by atoms with E-state index in [1.165, 1.54) is 114 Å². The number of rotatable bonds is 31. The number of aliphatic hydroxyl groups excluding tert-OH is 3. The lowest BCUT2D eigenvalue weighted by molar-refractivity contribution is -0.154. The van der Waals surface area contributed by atoms with Crippen LogP contribution in [0.5, 0.6) is 0 Å². The number of aliphatic hydroxyl groups is 3. The lowest BCUT2D eigenvalue weighted by Crippen LogP contribution is -2.51. The van der Waals surface area contributed by atoms with E-state index < -0.39 is 57.3 Å². The Kier molecular flexibility index (Phi) is 54.0. The molecule has 0 spiro atoms. The first-order valence-corrected chi connectivity index (χ1v) is 45.6.